The lowest BCUT2D eigenvalue weighted by Gasteiger charge is -2.07. The number of carbonyl (C=O) groups is 1. The third-order valence-electron chi connectivity index (χ3n) is 2.77. The van der Waals surface area contributed by atoms with Crippen LogP contribution in [0.2, 0.25) is 0 Å². The molecule has 0 bridgehead atoms. The highest BCUT2D eigenvalue weighted by Gasteiger charge is 2.08. The lowest BCUT2D eigenvalue weighted by atomic mass is 10.1. The maximum absolute atomic E-state index is 12.0. The monoisotopic (exact) mass is 260 g/mol. The van der Waals surface area contributed by atoms with E-state index in [-0.39, 0.29) is 5.91 Å². The summed E-state index contributed by atoms with van der Waals surface area (Å²) in [5, 5.41) is 7.06. The van der Waals surface area contributed by atoms with Crippen LogP contribution in [0.4, 0.5) is 5.69 Å². The van der Waals surface area contributed by atoms with Crippen molar-refractivity contribution in [2.24, 2.45) is 0 Å². The molecule has 2 aromatic rings. The molecule has 1 amide bonds. The Hall–Kier alpha value is -1.81. The van der Waals surface area contributed by atoms with Crippen molar-refractivity contribution >= 4 is 22.9 Å². The minimum Gasteiger partial charge on any atom is -0.399 e. The van der Waals surface area contributed by atoms with E-state index in [2.05, 4.69) is 16.8 Å². The van der Waals surface area contributed by atoms with Crippen LogP contribution in [0.25, 0.3) is 0 Å². The van der Waals surface area contributed by atoms with E-state index in [1.807, 2.05) is 18.4 Å². The molecule has 2 rings (SSSR count). The van der Waals surface area contributed by atoms with Crippen molar-refractivity contribution in [3.8, 4) is 0 Å². The van der Waals surface area contributed by atoms with Crippen LogP contribution < -0.4 is 11.1 Å². The number of rotatable bonds is 4. The summed E-state index contributed by atoms with van der Waals surface area (Å²) >= 11 is 1.67. The Kier molecular flexibility index (Phi) is 3.99. The van der Waals surface area contributed by atoms with Gasteiger partial charge in [-0.15, -0.1) is 0 Å². The Morgan fingerprint density at radius 1 is 1.39 bits per heavy atom. The number of hydrogen-bond acceptors (Lipinski definition) is 3. The number of anilines is 1. The maximum Gasteiger partial charge on any atom is 0.251 e. The number of amides is 1. The summed E-state index contributed by atoms with van der Waals surface area (Å²) in [6.07, 6.45) is 0.864. The molecule has 0 atom stereocenters. The second kappa shape index (κ2) is 5.69. The Labute approximate surface area is 111 Å². The van der Waals surface area contributed by atoms with Gasteiger partial charge in [-0.25, -0.2) is 0 Å². The molecule has 1 aromatic heterocycles. The molecule has 0 aliphatic rings. The molecular weight excluding hydrogens is 244 g/mol. The van der Waals surface area contributed by atoms with Crippen LogP contribution in [0, 0.1) is 6.92 Å². The summed E-state index contributed by atoms with van der Waals surface area (Å²) in [4.78, 5) is 12.0. The molecule has 18 heavy (non-hydrogen) atoms. The number of nitrogens with two attached hydrogens (primary N) is 1. The minimum absolute atomic E-state index is 0.0391. The number of aryl methyl sites for hydroxylation is 1. The van der Waals surface area contributed by atoms with E-state index in [1.54, 1.807) is 23.5 Å². The standard InChI is InChI=1S/C14H16N2OS/c1-10-8-12(15)2-3-13(10)14(17)16-6-4-11-5-7-18-9-11/h2-3,5,7-9H,4,6,15H2,1H3,(H,16,17). The average molecular weight is 260 g/mol. The molecule has 1 aromatic carbocycles. The van der Waals surface area contributed by atoms with Crippen molar-refractivity contribution in [2.75, 3.05) is 12.3 Å². The van der Waals surface area contributed by atoms with Gasteiger partial charge in [0.1, 0.15) is 0 Å². The Bertz CT molecular complexity index is 535. The van der Waals surface area contributed by atoms with Crippen molar-refractivity contribution in [2.45, 2.75) is 13.3 Å². The van der Waals surface area contributed by atoms with Gasteiger partial charge in [0.25, 0.3) is 5.91 Å². The summed E-state index contributed by atoms with van der Waals surface area (Å²) in [5.41, 5.74) is 9.20. The summed E-state index contributed by atoms with van der Waals surface area (Å²) in [5.74, 6) is -0.0391. The molecule has 1 heterocycles. The third-order valence-corrected chi connectivity index (χ3v) is 3.51. The molecule has 94 valence electrons. The maximum atomic E-state index is 12.0. The fourth-order valence-electron chi connectivity index (χ4n) is 1.79. The number of nitrogen functional groups attached to an aromatic ring is 1. The van der Waals surface area contributed by atoms with Gasteiger partial charge in [-0.2, -0.15) is 11.3 Å². The first-order valence-electron chi connectivity index (χ1n) is 5.82. The summed E-state index contributed by atoms with van der Waals surface area (Å²) < 4.78 is 0. The molecule has 3 N–H and O–H groups in total. The zero-order chi connectivity index (χ0) is 13.0. The van der Waals surface area contributed by atoms with Crippen molar-refractivity contribution in [1.82, 2.24) is 5.32 Å². The average Bonchev–Trinajstić information content (AvgIpc) is 2.81. The molecule has 0 fully saturated rings. The predicted molar refractivity (Wildman–Crippen MR) is 75.9 cm³/mol. The quantitative estimate of drug-likeness (QED) is 0.830. The SMILES string of the molecule is Cc1cc(N)ccc1C(=O)NCCc1ccsc1. The molecule has 0 unspecified atom stereocenters. The Morgan fingerprint density at radius 3 is 2.89 bits per heavy atom. The lowest BCUT2D eigenvalue weighted by molar-refractivity contribution is 0.0953. The van der Waals surface area contributed by atoms with E-state index in [4.69, 9.17) is 5.73 Å². The van der Waals surface area contributed by atoms with Gasteiger partial charge in [-0.05, 0) is 59.5 Å². The van der Waals surface area contributed by atoms with Gasteiger partial charge in [0.15, 0.2) is 0 Å². The van der Waals surface area contributed by atoms with Crippen molar-refractivity contribution in [3.05, 3.63) is 51.7 Å². The fourth-order valence-corrected chi connectivity index (χ4v) is 2.50. The van der Waals surface area contributed by atoms with Gasteiger partial charge in [-0.3, -0.25) is 4.79 Å². The van der Waals surface area contributed by atoms with Crippen LogP contribution in [0.5, 0.6) is 0 Å². The largest absolute Gasteiger partial charge is 0.399 e. The highest BCUT2D eigenvalue weighted by atomic mass is 32.1. The van der Waals surface area contributed by atoms with E-state index >= 15 is 0 Å². The van der Waals surface area contributed by atoms with E-state index in [1.165, 1.54) is 5.56 Å². The first-order chi connectivity index (χ1) is 8.66. The fraction of sp³-hybridized carbons (Fsp3) is 0.214. The molecule has 0 saturated heterocycles. The van der Waals surface area contributed by atoms with Crippen LogP contribution in [-0.2, 0) is 6.42 Å². The van der Waals surface area contributed by atoms with Crippen molar-refractivity contribution in [3.63, 3.8) is 0 Å². The summed E-state index contributed by atoms with van der Waals surface area (Å²) in [6, 6.07) is 7.41. The van der Waals surface area contributed by atoms with E-state index in [9.17, 15) is 4.79 Å². The van der Waals surface area contributed by atoms with Gasteiger partial charge in [0, 0.05) is 17.8 Å². The summed E-state index contributed by atoms with van der Waals surface area (Å²) in [7, 11) is 0. The first kappa shape index (κ1) is 12.6. The van der Waals surface area contributed by atoms with Gasteiger partial charge < -0.3 is 11.1 Å². The predicted octanol–water partition coefficient (Wildman–Crippen LogP) is 2.61. The minimum atomic E-state index is -0.0391. The number of nitrogens with one attached hydrogen (secondary N) is 1. The van der Waals surface area contributed by atoms with Crippen LogP contribution in [0.1, 0.15) is 21.5 Å². The Balaban J connectivity index is 1.91. The second-order valence-corrected chi connectivity index (χ2v) is 4.99. The zero-order valence-electron chi connectivity index (χ0n) is 10.3. The lowest BCUT2D eigenvalue weighted by Crippen LogP contribution is -2.26. The molecule has 0 aliphatic heterocycles. The molecule has 3 nitrogen and oxygen atoms in total. The normalized spacial score (nSPS) is 10.3. The van der Waals surface area contributed by atoms with E-state index in [0.29, 0.717) is 17.8 Å². The smallest absolute Gasteiger partial charge is 0.251 e. The van der Waals surface area contributed by atoms with Crippen molar-refractivity contribution < 1.29 is 4.79 Å². The molecule has 0 aliphatic carbocycles. The van der Waals surface area contributed by atoms with Gasteiger partial charge >= 0.3 is 0 Å². The molecule has 0 spiro atoms. The van der Waals surface area contributed by atoms with Crippen LogP contribution in [-0.4, -0.2) is 12.5 Å². The number of benzene rings is 1. The number of hydrogen-bond donors (Lipinski definition) is 2. The first-order valence-corrected chi connectivity index (χ1v) is 6.76. The van der Waals surface area contributed by atoms with Gasteiger partial charge in [0.2, 0.25) is 0 Å². The number of carbonyl (C=O) groups excluding carboxylic acids is 1. The molecule has 0 saturated carbocycles. The number of thiophene rings is 1. The van der Waals surface area contributed by atoms with E-state index < -0.39 is 0 Å². The van der Waals surface area contributed by atoms with Crippen LogP contribution in [0.3, 0.4) is 0 Å². The highest BCUT2D eigenvalue weighted by molar-refractivity contribution is 7.07. The topological polar surface area (TPSA) is 55.1 Å². The van der Waals surface area contributed by atoms with Gasteiger partial charge in [-0.1, -0.05) is 0 Å². The van der Waals surface area contributed by atoms with Crippen molar-refractivity contribution in [1.29, 1.82) is 0 Å². The summed E-state index contributed by atoms with van der Waals surface area (Å²) in [6.45, 7) is 2.55. The van der Waals surface area contributed by atoms with Crippen LogP contribution in [0.15, 0.2) is 35.0 Å². The molecular formula is C14H16N2OS. The van der Waals surface area contributed by atoms with E-state index in [0.717, 1.165) is 12.0 Å². The zero-order valence-corrected chi connectivity index (χ0v) is 11.1. The molecule has 0 radical (unpaired) electrons. The third kappa shape index (κ3) is 3.11. The highest BCUT2D eigenvalue weighted by Crippen LogP contribution is 2.12. The van der Waals surface area contributed by atoms with Crippen LogP contribution >= 0.6 is 11.3 Å². The Morgan fingerprint density at radius 2 is 2.22 bits per heavy atom. The molecule has 4 heteroatoms. The van der Waals surface area contributed by atoms with Gasteiger partial charge in [0.05, 0.1) is 0 Å². The second-order valence-electron chi connectivity index (χ2n) is 4.21.